The number of halogens is 1. The van der Waals surface area contributed by atoms with Crippen LogP contribution < -0.4 is 4.90 Å². The van der Waals surface area contributed by atoms with E-state index in [9.17, 15) is 9.18 Å². The number of aromatic nitrogens is 1. The molecule has 3 heterocycles. The fraction of sp³-hybridized carbons (Fsp3) is 0.400. The van der Waals surface area contributed by atoms with E-state index in [2.05, 4.69) is 20.9 Å². The second kappa shape index (κ2) is 6.78. The molecule has 0 N–H and O–H groups in total. The Morgan fingerprint density at radius 3 is 2.88 bits per heavy atom. The Morgan fingerprint density at radius 2 is 2.12 bits per heavy atom. The number of likely N-dealkylation sites (N-methyl/N-ethyl adjacent to an activating group) is 1. The van der Waals surface area contributed by atoms with E-state index in [4.69, 9.17) is 0 Å². The summed E-state index contributed by atoms with van der Waals surface area (Å²) in [4.78, 5) is 23.1. The zero-order valence-electron chi connectivity index (χ0n) is 14.9. The number of piperazine rings is 1. The van der Waals surface area contributed by atoms with E-state index in [1.54, 1.807) is 17.2 Å². The summed E-state index contributed by atoms with van der Waals surface area (Å²) in [5.74, 6) is -0.290. The van der Waals surface area contributed by atoms with Crippen LogP contribution in [0.4, 0.5) is 10.1 Å². The molecule has 1 spiro atoms. The maximum Gasteiger partial charge on any atom is 0.241 e. The van der Waals surface area contributed by atoms with E-state index in [0.29, 0.717) is 18.8 Å². The molecule has 0 unspecified atom stereocenters. The van der Waals surface area contributed by atoms with E-state index < -0.39 is 0 Å². The Morgan fingerprint density at radius 1 is 1.23 bits per heavy atom. The van der Waals surface area contributed by atoms with E-state index in [0.717, 1.165) is 26.1 Å². The van der Waals surface area contributed by atoms with Crippen molar-refractivity contribution in [3.05, 3.63) is 60.2 Å². The van der Waals surface area contributed by atoms with Gasteiger partial charge in [-0.25, -0.2) is 4.39 Å². The molecule has 0 radical (unpaired) electrons. The lowest BCUT2D eigenvalue weighted by atomic mass is 9.92. The van der Waals surface area contributed by atoms with Crippen molar-refractivity contribution in [3.8, 4) is 0 Å². The SMILES string of the molecule is CN1CC(=O)N(c2cccc(F)c2)C[C@@]12CCN(Cc1cccnc1)C2. The standard InChI is InChI=1S/C20H23FN4O/c1-23-13-19(26)25(18-6-2-5-17(21)10-18)15-20(23)7-9-24(14-20)12-16-4-3-8-22-11-16/h2-6,8,10-11H,7,9,12-15H2,1H3/t20-/m0/s1. The molecule has 2 fully saturated rings. The van der Waals surface area contributed by atoms with Crippen molar-refractivity contribution >= 4 is 11.6 Å². The monoisotopic (exact) mass is 354 g/mol. The van der Waals surface area contributed by atoms with Crippen LogP contribution in [0.5, 0.6) is 0 Å². The van der Waals surface area contributed by atoms with Crippen molar-refractivity contribution in [2.45, 2.75) is 18.5 Å². The van der Waals surface area contributed by atoms with Crippen molar-refractivity contribution < 1.29 is 9.18 Å². The van der Waals surface area contributed by atoms with Gasteiger partial charge in [0.1, 0.15) is 5.82 Å². The Labute approximate surface area is 153 Å². The summed E-state index contributed by atoms with van der Waals surface area (Å²) in [5, 5.41) is 0. The molecule has 2 aliphatic rings. The van der Waals surface area contributed by atoms with Crippen molar-refractivity contribution in [3.63, 3.8) is 0 Å². The van der Waals surface area contributed by atoms with Gasteiger partial charge < -0.3 is 4.90 Å². The summed E-state index contributed by atoms with van der Waals surface area (Å²) in [7, 11) is 2.02. The second-order valence-electron chi connectivity index (χ2n) is 7.36. The van der Waals surface area contributed by atoms with Crippen LogP contribution >= 0.6 is 0 Å². The molecule has 4 rings (SSSR count). The van der Waals surface area contributed by atoms with Crippen molar-refractivity contribution in [1.29, 1.82) is 0 Å². The Kier molecular flexibility index (Phi) is 4.46. The van der Waals surface area contributed by atoms with Gasteiger partial charge in [0, 0.05) is 44.3 Å². The van der Waals surface area contributed by atoms with Crippen molar-refractivity contribution in [2.75, 3.05) is 38.1 Å². The predicted molar refractivity (Wildman–Crippen MR) is 98.2 cm³/mol. The van der Waals surface area contributed by atoms with Crippen molar-refractivity contribution in [1.82, 2.24) is 14.8 Å². The van der Waals surface area contributed by atoms with Gasteiger partial charge in [-0.15, -0.1) is 0 Å². The third-order valence-electron chi connectivity index (χ3n) is 5.60. The second-order valence-corrected chi connectivity index (χ2v) is 7.36. The van der Waals surface area contributed by atoms with E-state index >= 15 is 0 Å². The molecule has 2 aliphatic heterocycles. The molecule has 2 saturated heterocycles. The number of pyridine rings is 1. The highest BCUT2D eigenvalue weighted by molar-refractivity contribution is 5.96. The lowest BCUT2D eigenvalue weighted by molar-refractivity contribution is -0.123. The van der Waals surface area contributed by atoms with Gasteiger partial charge in [-0.05, 0) is 43.3 Å². The van der Waals surface area contributed by atoms with Gasteiger partial charge in [0.05, 0.1) is 12.1 Å². The molecular weight excluding hydrogens is 331 g/mol. The number of anilines is 1. The summed E-state index contributed by atoms with van der Waals surface area (Å²) in [5.41, 5.74) is 1.75. The molecule has 1 aromatic heterocycles. The summed E-state index contributed by atoms with van der Waals surface area (Å²) < 4.78 is 13.6. The molecule has 6 heteroatoms. The maximum atomic E-state index is 13.6. The smallest absolute Gasteiger partial charge is 0.241 e. The lowest BCUT2D eigenvalue weighted by Crippen LogP contribution is -2.64. The number of amides is 1. The minimum Gasteiger partial charge on any atom is -0.309 e. The fourth-order valence-electron chi connectivity index (χ4n) is 4.10. The summed E-state index contributed by atoms with van der Waals surface area (Å²) in [6.07, 6.45) is 4.67. The molecule has 1 amide bonds. The van der Waals surface area contributed by atoms with Gasteiger partial charge in [-0.1, -0.05) is 12.1 Å². The summed E-state index contributed by atoms with van der Waals surface area (Å²) in [6.45, 7) is 3.67. The lowest BCUT2D eigenvalue weighted by Gasteiger charge is -2.47. The van der Waals surface area contributed by atoms with Gasteiger partial charge in [-0.2, -0.15) is 0 Å². The molecule has 0 bridgehead atoms. The van der Waals surface area contributed by atoms with Gasteiger partial charge in [0.25, 0.3) is 0 Å². The van der Waals surface area contributed by atoms with Crippen LogP contribution in [0.2, 0.25) is 0 Å². The maximum absolute atomic E-state index is 13.6. The Bertz CT molecular complexity index is 799. The zero-order chi connectivity index (χ0) is 18.1. The van der Waals surface area contributed by atoms with Crippen LogP contribution in [-0.2, 0) is 11.3 Å². The quantitative estimate of drug-likeness (QED) is 0.847. The minimum atomic E-state index is -0.312. The number of likely N-dealkylation sites (tertiary alicyclic amines) is 1. The zero-order valence-corrected chi connectivity index (χ0v) is 14.9. The highest BCUT2D eigenvalue weighted by atomic mass is 19.1. The summed E-state index contributed by atoms with van der Waals surface area (Å²) in [6, 6.07) is 10.4. The largest absolute Gasteiger partial charge is 0.309 e. The van der Waals surface area contributed by atoms with Gasteiger partial charge >= 0.3 is 0 Å². The molecule has 26 heavy (non-hydrogen) atoms. The van der Waals surface area contributed by atoms with Crippen LogP contribution in [-0.4, -0.2) is 59.5 Å². The average molecular weight is 354 g/mol. The Balaban J connectivity index is 1.53. The van der Waals surface area contributed by atoms with Crippen LogP contribution in [0.25, 0.3) is 0 Å². The predicted octanol–water partition coefficient (Wildman–Crippen LogP) is 2.14. The minimum absolute atomic E-state index is 0.0226. The number of nitrogens with zero attached hydrogens (tertiary/aromatic N) is 4. The molecule has 1 aromatic carbocycles. The third-order valence-corrected chi connectivity index (χ3v) is 5.60. The normalized spacial score (nSPS) is 24.5. The Hall–Kier alpha value is -2.31. The van der Waals surface area contributed by atoms with E-state index in [1.807, 2.05) is 25.4 Å². The number of carbonyl (C=O) groups is 1. The number of hydrogen-bond donors (Lipinski definition) is 0. The van der Waals surface area contributed by atoms with Gasteiger partial charge in [0.2, 0.25) is 5.91 Å². The topological polar surface area (TPSA) is 39.7 Å². The average Bonchev–Trinajstić information content (AvgIpc) is 3.03. The number of carbonyl (C=O) groups excluding carboxylic acids is 1. The first-order valence-electron chi connectivity index (χ1n) is 8.94. The van der Waals surface area contributed by atoms with Gasteiger partial charge in [-0.3, -0.25) is 19.6 Å². The van der Waals surface area contributed by atoms with E-state index in [-0.39, 0.29) is 17.3 Å². The highest BCUT2D eigenvalue weighted by Gasteiger charge is 2.47. The highest BCUT2D eigenvalue weighted by Crippen LogP contribution is 2.34. The first kappa shape index (κ1) is 17.1. The first-order valence-corrected chi connectivity index (χ1v) is 8.94. The number of hydrogen-bond acceptors (Lipinski definition) is 4. The van der Waals surface area contributed by atoms with E-state index in [1.165, 1.54) is 17.7 Å². The van der Waals surface area contributed by atoms with Crippen LogP contribution in [0, 0.1) is 5.82 Å². The molecule has 1 atom stereocenters. The molecule has 0 aliphatic carbocycles. The fourth-order valence-corrected chi connectivity index (χ4v) is 4.10. The molecule has 5 nitrogen and oxygen atoms in total. The molecular formula is C20H23FN4O. The first-order chi connectivity index (χ1) is 12.6. The molecule has 0 saturated carbocycles. The summed E-state index contributed by atoms with van der Waals surface area (Å²) >= 11 is 0. The molecule has 2 aromatic rings. The van der Waals surface area contributed by atoms with Crippen molar-refractivity contribution in [2.24, 2.45) is 0 Å². The van der Waals surface area contributed by atoms with Crippen LogP contribution in [0.1, 0.15) is 12.0 Å². The number of benzene rings is 1. The third kappa shape index (κ3) is 3.22. The van der Waals surface area contributed by atoms with Crippen LogP contribution in [0.15, 0.2) is 48.8 Å². The van der Waals surface area contributed by atoms with Crippen LogP contribution in [0.3, 0.4) is 0 Å². The van der Waals surface area contributed by atoms with Gasteiger partial charge in [0.15, 0.2) is 0 Å². The molecule has 136 valence electrons. The number of rotatable bonds is 3.